The molecule has 0 radical (unpaired) electrons. The Morgan fingerprint density at radius 1 is 1.21 bits per heavy atom. The molecule has 158 valence electrons. The van der Waals surface area contributed by atoms with Crippen LogP contribution >= 0.6 is 11.6 Å². The first-order valence-corrected chi connectivity index (χ1v) is 11.3. The predicted molar refractivity (Wildman–Crippen MR) is 114 cm³/mol. The van der Waals surface area contributed by atoms with Crippen LogP contribution < -0.4 is 14.4 Å². The molecular formula is C20H24ClFN2O4S. The fourth-order valence-corrected chi connectivity index (χ4v) is 4.18. The molecule has 0 aliphatic carbocycles. The van der Waals surface area contributed by atoms with E-state index in [1.807, 2.05) is 13.8 Å². The maximum atomic E-state index is 13.5. The third kappa shape index (κ3) is 6.08. The maximum Gasteiger partial charge on any atom is 0.248 e. The van der Waals surface area contributed by atoms with Gasteiger partial charge in [-0.05, 0) is 62.7 Å². The largest absolute Gasteiger partial charge is 0.491 e. The van der Waals surface area contributed by atoms with Gasteiger partial charge in [-0.25, -0.2) is 12.8 Å². The Hall–Kier alpha value is -2.32. The number of benzene rings is 2. The summed E-state index contributed by atoms with van der Waals surface area (Å²) in [4.78, 5) is 12.9. The molecule has 29 heavy (non-hydrogen) atoms. The lowest BCUT2D eigenvalue weighted by Crippen LogP contribution is -2.47. The van der Waals surface area contributed by atoms with Crippen LogP contribution in [0.4, 0.5) is 15.8 Å². The van der Waals surface area contributed by atoms with Gasteiger partial charge in [-0.15, -0.1) is 0 Å². The molecule has 1 amide bonds. The number of nitrogens with zero attached hydrogens (tertiary/aromatic N) is 1. The first-order valence-electron chi connectivity index (χ1n) is 9.05. The summed E-state index contributed by atoms with van der Waals surface area (Å²) in [5, 5.41) is 2.48. The van der Waals surface area contributed by atoms with E-state index < -0.39 is 27.8 Å². The van der Waals surface area contributed by atoms with Crippen LogP contribution in [0.15, 0.2) is 42.5 Å². The molecule has 0 spiro atoms. The van der Waals surface area contributed by atoms with Crippen molar-refractivity contribution in [2.24, 2.45) is 0 Å². The molecule has 1 N–H and O–H groups in total. The monoisotopic (exact) mass is 442 g/mol. The number of anilines is 2. The Morgan fingerprint density at radius 2 is 1.83 bits per heavy atom. The van der Waals surface area contributed by atoms with Crippen LogP contribution in [-0.2, 0) is 14.8 Å². The number of ether oxygens (including phenoxy) is 1. The Balaban J connectivity index is 2.29. The smallest absolute Gasteiger partial charge is 0.248 e. The summed E-state index contributed by atoms with van der Waals surface area (Å²) in [6, 6.07) is 9.24. The van der Waals surface area contributed by atoms with Crippen molar-refractivity contribution in [1.82, 2.24) is 0 Å². The van der Waals surface area contributed by atoms with Crippen LogP contribution in [0.1, 0.15) is 27.2 Å². The van der Waals surface area contributed by atoms with E-state index in [9.17, 15) is 17.6 Å². The van der Waals surface area contributed by atoms with Gasteiger partial charge in [0.25, 0.3) is 0 Å². The average molecular weight is 443 g/mol. The van der Waals surface area contributed by atoms with Crippen molar-refractivity contribution < 1.29 is 22.3 Å². The number of carbonyl (C=O) groups excluding carboxylic acids is 1. The molecule has 2 rings (SSSR count). The van der Waals surface area contributed by atoms with Gasteiger partial charge in [-0.1, -0.05) is 18.5 Å². The van der Waals surface area contributed by atoms with Gasteiger partial charge in [0.2, 0.25) is 15.9 Å². The van der Waals surface area contributed by atoms with Crippen molar-refractivity contribution >= 4 is 38.9 Å². The zero-order valence-electron chi connectivity index (χ0n) is 16.6. The molecule has 0 fully saturated rings. The van der Waals surface area contributed by atoms with Gasteiger partial charge in [-0.2, -0.15) is 0 Å². The number of hydrogen-bond donors (Lipinski definition) is 1. The Morgan fingerprint density at radius 3 is 2.31 bits per heavy atom. The minimum atomic E-state index is -3.84. The summed E-state index contributed by atoms with van der Waals surface area (Å²) < 4.78 is 44.9. The number of carbonyl (C=O) groups is 1. The van der Waals surface area contributed by atoms with Crippen molar-refractivity contribution in [1.29, 1.82) is 0 Å². The van der Waals surface area contributed by atoms with Crippen LogP contribution in [-0.4, -0.2) is 32.7 Å². The van der Waals surface area contributed by atoms with Crippen molar-refractivity contribution in [3.63, 3.8) is 0 Å². The molecule has 0 heterocycles. The van der Waals surface area contributed by atoms with E-state index in [1.165, 1.54) is 12.1 Å². The van der Waals surface area contributed by atoms with Gasteiger partial charge in [-0.3, -0.25) is 9.10 Å². The number of hydrogen-bond acceptors (Lipinski definition) is 4. The van der Waals surface area contributed by atoms with Crippen LogP contribution in [0.3, 0.4) is 0 Å². The summed E-state index contributed by atoms with van der Waals surface area (Å²) in [7, 11) is -3.84. The topological polar surface area (TPSA) is 75.7 Å². The van der Waals surface area contributed by atoms with Gasteiger partial charge in [0.1, 0.15) is 17.6 Å². The molecule has 0 aliphatic heterocycles. The van der Waals surface area contributed by atoms with Gasteiger partial charge in [0.05, 0.1) is 23.1 Å². The van der Waals surface area contributed by atoms with Gasteiger partial charge >= 0.3 is 0 Å². The van der Waals surface area contributed by atoms with Gasteiger partial charge < -0.3 is 10.1 Å². The summed E-state index contributed by atoms with van der Waals surface area (Å²) in [6.07, 6.45) is 1.20. The molecule has 0 saturated carbocycles. The Labute approximate surface area is 175 Å². The van der Waals surface area contributed by atoms with E-state index in [-0.39, 0.29) is 23.2 Å². The number of nitrogens with one attached hydrogen (secondary N) is 1. The highest BCUT2D eigenvalue weighted by molar-refractivity contribution is 7.92. The summed E-state index contributed by atoms with van der Waals surface area (Å²) in [5.41, 5.74) is 0.608. The first-order chi connectivity index (χ1) is 13.5. The molecular weight excluding hydrogens is 419 g/mol. The van der Waals surface area contributed by atoms with Crippen LogP contribution in [0.2, 0.25) is 5.02 Å². The maximum absolute atomic E-state index is 13.5. The van der Waals surface area contributed by atoms with E-state index in [1.54, 1.807) is 31.2 Å². The fraction of sp³-hybridized carbons (Fsp3) is 0.350. The van der Waals surface area contributed by atoms with Crippen molar-refractivity contribution in [3.8, 4) is 5.75 Å². The summed E-state index contributed by atoms with van der Waals surface area (Å²) in [5.74, 6) is -0.537. The molecule has 2 aromatic rings. The van der Waals surface area contributed by atoms with Crippen LogP contribution in [0.25, 0.3) is 0 Å². The van der Waals surface area contributed by atoms with E-state index in [4.69, 9.17) is 16.3 Å². The highest BCUT2D eigenvalue weighted by Gasteiger charge is 2.32. The SMILES string of the molecule is CCC(C(=O)Nc1ccc(OC(C)C)cc1)N(c1ccc(F)c(Cl)c1)S(C)(=O)=O. The second kappa shape index (κ2) is 9.45. The highest BCUT2D eigenvalue weighted by Crippen LogP contribution is 2.28. The van der Waals surface area contributed by atoms with Gasteiger partial charge in [0.15, 0.2) is 0 Å². The van der Waals surface area contributed by atoms with Crippen LogP contribution in [0.5, 0.6) is 5.75 Å². The van der Waals surface area contributed by atoms with Crippen molar-refractivity contribution in [3.05, 3.63) is 53.3 Å². The van der Waals surface area contributed by atoms with Crippen molar-refractivity contribution in [2.75, 3.05) is 15.9 Å². The molecule has 6 nitrogen and oxygen atoms in total. The number of halogens is 2. The molecule has 0 aliphatic rings. The average Bonchev–Trinajstić information content (AvgIpc) is 2.62. The molecule has 0 saturated heterocycles. The quantitative estimate of drug-likeness (QED) is 0.655. The van der Waals surface area contributed by atoms with Gasteiger partial charge in [0, 0.05) is 5.69 Å². The number of rotatable bonds is 8. The van der Waals surface area contributed by atoms with E-state index >= 15 is 0 Å². The first kappa shape index (κ1) is 23.0. The standard InChI is InChI=1S/C20H24ClFN2O4S/c1-5-19(20(25)23-14-6-9-16(10-7-14)28-13(2)3)24(29(4,26)27)15-8-11-18(22)17(21)12-15/h6-13,19H,5H2,1-4H3,(H,23,25). The second-order valence-electron chi connectivity index (χ2n) is 6.76. The number of amides is 1. The lowest BCUT2D eigenvalue weighted by molar-refractivity contribution is -0.117. The normalized spacial score (nSPS) is 12.5. The molecule has 1 unspecified atom stereocenters. The zero-order valence-corrected chi connectivity index (χ0v) is 18.2. The zero-order chi connectivity index (χ0) is 21.8. The predicted octanol–water partition coefficient (Wildman–Crippen LogP) is 4.45. The van der Waals surface area contributed by atoms with E-state index in [0.29, 0.717) is 11.4 Å². The lowest BCUT2D eigenvalue weighted by Gasteiger charge is -2.30. The third-order valence-corrected chi connectivity index (χ3v) is 5.45. The van der Waals surface area contributed by atoms with E-state index in [0.717, 1.165) is 16.6 Å². The fourth-order valence-electron chi connectivity index (χ4n) is 2.80. The third-order valence-electron chi connectivity index (χ3n) is 3.98. The van der Waals surface area contributed by atoms with Crippen LogP contribution in [0, 0.1) is 5.82 Å². The molecule has 0 aromatic heterocycles. The molecule has 0 bridgehead atoms. The number of sulfonamides is 1. The Kier molecular flexibility index (Phi) is 7.48. The second-order valence-corrected chi connectivity index (χ2v) is 9.03. The van der Waals surface area contributed by atoms with E-state index in [2.05, 4.69) is 5.32 Å². The lowest BCUT2D eigenvalue weighted by atomic mass is 10.1. The minimum absolute atomic E-state index is 0.0192. The summed E-state index contributed by atoms with van der Waals surface area (Å²) >= 11 is 5.81. The molecule has 2 aromatic carbocycles. The minimum Gasteiger partial charge on any atom is -0.491 e. The summed E-state index contributed by atoms with van der Waals surface area (Å²) in [6.45, 7) is 5.50. The Bertz CT molecular complexity index is 965. The molecule has 1 atom stereocenters. The van der Waals surface area contributed by atoms with Crippen molar-refractivity contribution in [2.45, 2.75) is 39.3 Å². The highest BCUT2D eigenvalue weighted by atomic mass is 35.5. The molecule has 9 heteroatoms.